The Morgan fingerprint density at radius 2 is 1.86 bits per heavy atom. The van der Waals surface area contributed by atoms with Crippen LogP contribution in [0.4, 0.5) is 0 Å². The van der Waals surface area contributed by atoms with Crippen LogP contribution in [0.25, 0.3) is 22.2 Å². The molecule has 1 N–H and O–H groups in total. The molecule has 0 amide bonds. The summed E-state index contributed by atoms with van der Waals surface area (Å²) in [5.41, 5.74) is 4.53. The predicted octanol–water partition coefficient (Wildman–Crippen LogP) is 5.42. The van der Waals surface area contributed by atoms with E-state index < -0.39 is 0 Å². The van der Waals surface area contributed by atoms with E-state index in [1.165, 1.54) is 5.56 Å². The molecule has 21 heavy (non-hydrogen) atoms. The lowest BCUT2D eigenvalue weighted by atomic mass is 9.99. The van der Waals surface area contributed by atoms with Gasteiger partial charge < -0.3 is 4.98 Å². The molecule has 0 fully saturated rings. The monoisotopic (exact) mass is 297 g/mol. The molecule has 0 bridgehead atoms. The summed E-state index contributed by atoms with van der Waals surface area (Å²) >= 11 is 6.28. The molecule has 106 valence electrons. The van der Waals surface area contributed by atoms with Crippen LogP contribution in [0.5, 0.6) is 0 Å². The second-order valence-corrected chi connectivity index (χ2v) is 5.84. The minimum absolute atomic E-state index is 0.381. The zero-order chi connectivity index (χ0) is 15.0. The molecule has 2 aromatic carbocycles. The fourth-order valence-electron chi connectivity index (χ4n) is 2.74. The second kappa shape index (κ2) is 5.38. The predicted molar refractivity (Wildman–Crippen MR) is 88.2 cm³/mol. The highest BCUT2D eigenvalue weighted by Crippen LogP contribution is 2.35. The maximum atomic E-state index is 11.6. The van der Waals surface area contributed by atoms with Gasteiger partial charge in [0, 0.05) is 21.5 Å². The first-order valence-corrected chi connectivity index (χ1v) is 7.36. The molecule has 1 aromatic heterocycles. The summed E-state index contributed by atoms with van der Waals surface area (Å²) in [5.74, 6) is 0.381. The molecule has 2 nitrogen and oxygen atoms in total. The number of aromatic nitrogens is 1. The molecule has 0 aliphatic rings. The molecule has 3 rings (SSSR count). The third kappa shape index (κ3) is 2.26. The number of halogens is 1. The van der Waals surface area contributed by atoms with Gasteiger partial charge >= 0.3 is 0 Å². The average molecular weight is 298 g/mol. The fraction of sp³-hybridized carbons (Fsp3) is 0.167. The van der Waals surface area contributed by atoms with Gasteiger partial charge in [-0.25, -0.2) is 0 Å². The van der Waals surface area contributed by atoms with Crippen LogP contribution in [-0.4, -0.2) is 11.3 Å². The molecule has 3 heteroatoms. The Balaban J connectivity index is 2.37. The minimum Gasteiger partial charge on any atom is -0.354 e. The van der Waals surface area contributed by atoms with Crippen molar-refractivity contribution >= 4 is 28.8 Å². The van der Waals surface area contributed by atoms with Crippen LogP contribution in [-0.2, 0) is 0 Å². The number of benzene rings is 2. The number of carbonyl (C=O) groups is 1. The van der Waals surface area contributed by atoms with Gasteiger partial charge in [0.2, 0.25) is 0 Å². The quantitative estimate of drug-likeness (QED) is 0.643. The Kier molecular flexibility index (Phi) is 3.56. The average Bonchev–Trinajstić information content (AvgIpc) is 2.85. The topological polar surface area (TPSA) is 32.9 Å². The number of hydrogen-bond acceptors (Lipinski definition) is 1. The number of carbonyl (C=O) groups excluding carboxylic acids is 1. The minimum atomic E-state index is 0.381. The molecule has 0 aliphatic heterocycles. The van der Waals surface area contributed by atoms with Gasteiger partial charge in [0.15, 0.2) is 6.29 Å². The maximum absolute atomic E-state index is 11.6. The van der Waals surface area contributed by atoms with Crippen LogP contribution in [0.15, 0.2) is 42.5 Å². The summed E-state index contributed by atoms with van der Waals surface area (Å²) in [6.45, 7) is 4.29. The summed E-state index contributed by atoms with van der Waals surface area (Å²) in [7, 11) is 0. The first kappa shape index (κ1) is 13.9. The van der Waals surface area contributed by atoms with E-state index >= 15 is 0 Å². The first-order valence-electron chi connectivity index (χ1n) is 6.98. The highest BCUT2D eigenvalue weighted by molar-refractivity contribution is 6.33. The highest BCUT2D eigenvalue weighted by Gasteiger charge is 2.17. The number of aromatic amines is 1. The zero-order valence-corrected chi connectivity index (χ0v) is 12.7. The molecule has 0 saturated heterocycles. The van der Waals surface area contributed by atoms with Crippen molar-refractivity contribution in [3.63, 3.8) is 0 Å². The summed E-state index contributed by atoms with van der Waals surface area (Å²) in [6, 6.07) is 13.6. The maximum Gasteiger partial charge on any atom is 0.152 e. The van der Waals surface area contributed by atoms with Crippen molar-refractivity contribution in [2.75, 3.05) is 0 Å². The largest absolute Gasteiger partial charge is 0.354 e. The van der Waals surface area contributed by atoms with Crippen molar-refractivity contribution < 1.29 is 4.79 Å². The van der Waals surface area contributed by atoms with E-state index in [9.17, 15) is 4.79 Å². The van der Waals surface area contributed by atoms with Crippen molar-refractivity contribution in [3.8, 4) is 11.3 Å². The Morgan fingerprint density at radius 3 is 2.52 bits per heavy atom. The van der Waals surface area contributed by atoms with E-state index in [1.54, 1.807) is 0 Å². The van der Waals surface area contributed by atoms with Crippen molar-refractivity contribution in [2.45, 2.75) is 19.8 Å². The molecule has 3 aromatic rings. The van der Waals surface area contributed by atoms with Gasteiger partial charge in [-0.15, -0.1) is 0 Å². The lowest BCUT2D eigenvalue weighted by Crippen LogP contribution is -1.88. The SMILES string of the molecule is CC(C)c1cccc2c(C=O)c(-c3ccccc3Cl)[nH]c12. The Labute approximate surface area is 128 Å². The van der Waals surface area contributed by atoms with Crippen molar-refractivity contribution in [1.29, 1.82) is 0 Å². The number of hydrogen-bond donors (Lipinski definition) is 1. The van der Waals surface area contributed by atoms with Crippen LogP contribution in [0.3, 0.4) is 0 Å². The number of rotatable bonds is 3. The summed E-state index contributed by atoms with van der Waals surface area (Å²) in [6.07, 6.45) is 0.904. The van der Waals surface area contributed by atoms with Gasteiger partial charge in [-0.05, 0) is 17.5 Å². The number of para-hydroxylation sites is 1. The van der Waals surface area contributed by atoms with Crippen molar-refractivity contribution in [1.82, 2.24) is 4.98 Å². The number of aldehydes is 1. The van der Waals surface area contributed by atoms with E-state index in [0.717, 1.165) is 28.4 Å². The van der Waals surface area contributed by atoms with Gasteiger partial charge in [0.05, 0.1) is 11.2 Å². The van der Waals surface area contributed by atoms with Crippen LogP contribution >= 0.6 is 11.6 Å². The van der Waals surface area contributed by atoms with E-state index in [2.05, 4.69) is 24.9 Å². The van der Waals surface area contributed by atoms with Gasteiger partial charge in [-0.2, -0.15) is 0 Å². The molecular weight excluding hydrogens is 282 g/mol. The lowest BCUT2D eigenvalue weighted by Gasteiger charge is -2.06. The molecule has 0 saturated carbocycles. The van der Waals surface area contributed by atoms with E-state index in [0.29, 0.717) is 16.5 Å². The van der Waals surface area contributed by atoms with E-state index in [1.807, 2.05) is 36.4 Å². The van der Waals surface area contributed by atoms with Crippen LogP contribution in [0.2, 0.25) is 5.02 Å². The van der Waals surface area contributed by atoms with E-state index in [4.69, 9.17) is 11.6 Å². The Morgan fingerprint density at radius 1 is 1.10 bits per heavy atom. The first-order chi connectivity index (χ1) is 10.1. The molecule has 0 radical (unpaired) electrons. The fourth-order valence-corrected chi connectivity index (χ4v) is 2.97. The lowest BCUT2D eigenvalue weighted by molar-refractivity contribution is 0.112. The van der Waals surface area contributed by atoms with Crippen molar-refractivity contribution in [2.24, 2.45) is 0 Å². The van der Waals surface area contributed by atoms with Crippen LogP contribution in [0, 0.1) is 0 Å². The van der Waals surface area contributed by atoms with Crippen LogP contribution < -0.4 is 0 Å². The normalized spacial score (nSPS) is 11.2. The number of fused-ring (bicyclic) bond motifs is 1. The zero-order valence-electron chi connectivity index (χ0n) is 12.0. The number of H-pyrrole nitrogens is 1. The summed E-state index contributed by atoms with van der Waals surface area (Å²) in [5, 5.41) is 1.59. The Bertz CT molecular complexity index is 817. The standard InChI is InChI=1S/C18H16ClNO/c1-11(2)12-7-5-8-13-15(10-21)18(20-17(12)13)14-6-3-4-9-16(14)19/h3-11,20H,1-2H3. The number of nitrogens with one attached hydrogen (secondary N) is 1. The molecule has 1 heterocycles. The van der Waals surface area contributed by atoms with Gasteiger partial charge in [0.25, 0.3) is 0 Å². The molecule has 0 unspecified atom stereocenters. The molecule has 0 aliphatic carbocycles. The van der Waals surface area contributed by atoms with Gasteiger partial charge in [0.1, 0.15) is 0 Å². The smallest absolute Gasteiger partial charge is 0.152 e. The summed E-state index contributed by atoms with van der Waals surface area (Å²) < 4.78 is 0. The molecule has 0 atom stereocenters. The molecule has 0 spiro atoms. The third-order valence-electron chi connectivity index (χ3n) is 3.79. The van der Waals surface area contributed by atoms with E-state index in [-0.39, 0.29) is 0 Å². The van der Waals surface area contributed by atoms with Crippen LogP contribution in [0.1, 0.15) is 35.7 Å². The summed E-state index contributed by atoms with van der Waals surface area (Å²) in [4.78, 5) is 15.0. The molecular formula is C18H16ClNO. The van der Waals surface area contributed by atoms with Gasteiger partial charge in [-0.3, -0.25) is 4.79 Å². The highest BCUT2D eigenvalue weighted by atomic mass is 35.5. The second-order valence-electron chi connectivity index (χ2n) is 5.44. The van der Waals surface area contributed by atoms with Gasteiger partial charge in [-0.1, -0.05) is 61.8 Å². The van der Waals surface area contributed by atoms with Crippen molar-refractivity contribution in [3.05, 3.63) is 58.6 Å². The third-order valence-corrected chi connectivity index (χ3v) is 4.12. The Hall–Kier alpha value is -2.06.